The van der Waals surface area contributed by atoms with E-state index >= 15 is 0 Å². The minimum atomic E-state index is 0.333. The van der Waals surface area contributed by atoms with Crippen molar-refractivity contribution in [1.29, 1.82) is 0 Å². The molecule has 19 heavy (non-hydrogen) atoms. The Morgan fingerprint density at radius 3 is 2.63 bits per heavy atom. The molecule has 0 saturated heterocycles. The number of methoxy groups -OCH3 is 1. The summed E-state index contributed by atoms with van der Waals surface area (Å²) < 4.78 is 5.35. The van der Waals surface area contributed by atoms with Gasteiger partial charge in [0.05, 0.1) is 6.10 Å². The molecular weight excluding hydrogens is 234 g/mol. The topological polar surface area (TPSA) is 21.3 Å². The predicted octanol–water partition coefficient (Wildman–Crippen LogP) is 4.10. The van der Waals surface area contributed by atoms with Crippen LogP contribution in [0.2, 0.25) is 0 Å². The van der Waals surface area contributed by atoms with E-state index in [9.17, 15) is 0 Å². The van der Waals surface area contributed by atoms with Gasteiger partial charge in [-0.25, -0.2) is 0 Å². The van der Waals surface area contributed by atoms with Gasteiger partial charge in [0.25, 0.3) is 0 Å². The highest BCUT2D eigenvalue weighted by Crippen LogP contribution is 2.21. The summed E-state index contributed by atoms with van der Waals surface area (Å²) in [5.74, 6) is 0. The first-order chi connectivity index (χ1) is 9.21. The minimum absolute atomic E-state index is 0.333. The number of rotatable bonds is 9. The molecule has 2 atom stereocenters. The summed E-state index contributed by atoms with van der Waals surface area (Å²) in [5.41, 5.74) is 2.86. The van der Waals surface area contributed by atoms with Gasteiger partial charge in [0.2, 0.25) is 0 Å². The van der Waals surface area contributed by atoms with Crippen molar-refractivity contribution < 1.29 is 4.74 Å². The molecule has 1 aromatic rings. The Hall–Kier alpha value is -0.860. The third-order valence-corrected chi connectivity index (χ3v) is 3.61. The van der Waals surface area contributed by atoms with Gasteiger partial charge in [-0.05, 0) is 43.9 Å². The van der Waals surface area contributed by atoms with Gasteiger partial charge in [0.1, 0.15) is 0 Å². The highest BCUT2D eigenvalue weighted by Gasteiger charge is 2.12. The third kappa shape index (κ3) is 5.75. The summed E-state index contributed by atoms with van der Waals surface area (Å²) in [7, 11) is 1.79. The van der Waals surface area contributed by atoms with Crippen molar-refractivity contribution in [3.05, 3.63) is 35.4 Å². The Morgan fingerprint density at radius 1 is 1.21 bits per heavy atom. The lowest BCUT2D eigenvalue weighted by Crippen LogP contribution is -2.22. The first-order valence-electron chi connectivity index (χ1n) is 7.56. The second-order valence-corrected chi connectivity index (χ2v) is 5.23. The molecule has 1 rings (SSSR count). The minimum Gasteiger partial charge on any atom is -0.382 e. The Balaban J connectivity index is 2.71. The van der Waals surface area contributed by atoms with Crippen LogP contribution in [0.1, 0.15) is 57.2 Å². The van der Waals surface area contributed by atoms with Gasteiger partial charge in [0, 0.05) is 13.2 Å². The molecule has 1 aromatic carbocycles. The third-order valence-electron chi connectivity index (χ3n) is 3.61. The molecule has 2 heteroatoms. The summed E-state index contributed by atoms with van der Waals surface area (Å²) >= 11 is 0. The van der Waals surface area contributed by atoms with E-state index in [1.807, 2.05) is 0 Å². The second-order valence-electron chi connectivity index (χ2n) is 5.23. The zero-order valence-electron chi connectivity index (χ0n) is 12.9. The van der Waals surface area contributed by atoms with Gasteiger partial charge in [-0.3, -0.25) is 0 Å². The van der Waals surface area contributed by atoms with E-state index in [1.54, 1.807) is 7.11 Å². The maximum Gasteiger partial charge on any atom is 0.0543 e. The number of hydrogen-bond donors (Lipinski definition) is 1. The molecular formula is C17H29NO. The lowest BCUT2D eigenvalue weighted by molar-refractivity contribution is 0.106. The van der Waals surface area contributed by atoms with Crippen molar-refractivity contribution in [1.82, 2.24) is 5.32 Å². The van der Waals surface area contributed by atoms with Crippen molar-refractivity contribution in [3.8, 4) is 0 Å². The number of nitrogens with one attached hydrogen (secondary N) is 1. The predicted molar refractivity (Wildman–Crippen MR) is 82.6 cm³/mol. The lowest BCUT2D eigenvalue weighted by Gasteiger charge is -2.21. The van der Waals surface area contributed by atoms with Gasteiger partial charge < -0.3 is 10.1 Å². The first-order valence-corrected chi connectivity index (χ1v) is 7.56. The van der Waals surface area contributed by atoms with Gasteiger partial charge in [0.15, 0.2) is 0 Å². The largest absolute Gasteiger partial charge is 0.382 e. The molecule has 2 nitrogen and oxygen atoms in total. The maximum atomic E-state index is 5.35. The van der Waals surface area contributed by atoms with Crippen LogP contribution in [0.5, 0.6) is 0 Å². The summed E-state index contributed by atoms with van der Waals surface area (Å²) in [6.45, 7) is 7.54. The van der Waals surface area contributed by atoms with Crippen molar-refractivity contribution in [2.24, 2.45) is 0 Å². The molecule has 0 amide bonds. The fourth-order valence-electron chi connectivity index (χ4n) is 2.41. The number of aryl methyl sites for hydroxylation is 1. The standard InChI is InChI=1S/C17H29NO/c1-5-8-15-9-7-10-16(13-15)17(18-6-2)12-11-14(3)19-4/h7,9-10,13-14,17-18H,5-6,8,11-12H2,1-4H3. The summed E-state index contributed by atoms with van der Waals surface area (Å²) in [6.07, 6.45) is 4.92. The van der Waals surface area contributed by atoms with Crippen LogP contribution in [0.15, 0.2) is 24.3 Å². The van der Waals surface area contributed by atoms with Gasteiger partial charge in [-0.1, -0.05) is 44.5 Å². The van der Waals surface area contributed by atoms with E-state index in [1.165, 1.54) is 24.0 Å². The van der Waals surface area contributed by atoms with E-state index in [2.05, 4.69) is 50.4 Å². The van der Waals surface area contributed by atoms with Crippen LogP contribution in [0, 0.1) is 0 Å². The molecule has 0 aliphatic carbocycles. The van der Waals surface area contributed by atoms with Gasteiger partial charge in [-0.15, -0.1) is 0 Å². The van der Waals surface area contributed by atoms with Crippen LogP contribution >= 0.6 is 0 Å². The van der Waals surface area contributed by atoms with E-state index in [0.29, 0.717) is 12.1 Å². The van der Waals surface area contributed by atoms with E-state index in [0.717, 1.165) is 19.4 Å². The number of hydrogen-bond acceptors (Lipinski definition) is 2. The van der Waals surface area contributed by atoms with E-state index in [-0.39, 0.29) is 0 Å². The molecule has 0 aromatic heterocycles. The second kappa shape index (κ2) is 9.11. The Labute approximate surface area is 118 Å². The van der Waals surface area contributed by atoms with Crippen molar-refractivity contribution in [2.75, 3.05) is 13.7 Å². The van der Waals surface area contributed by atoms with Crippen LogP contribution in [-0.2, 0) is 11.2 Å². The SMILES string of the molecule is CCCc1cccc(C(CCC(C)OC)NCC)c1. The summed E-state index contributed by atoms with van der Waals surface area (Å²) in [4.78, 5) is 0. The molecule has 0 fully saturated rings. The molecule has 0 radical (unpaired) electrons. The van der Waals surface area contributed by atoms with Gasteiger partial charge >= 0.3 is 0 Å². The summed E-state index contributed by atoms with van der Waals surface area (Å²) in [6, 6.07) is 9.45. The molecule has 0 aliphatic heterocycles. The molecule has 0 spiro atoms. The monoisotopic (exact) mass is 263 g/mol. The van der Waals surface area contributed by atoms with Crippen LogP contribution in [-0.4, -0.2) is 19.8 Å². The normalized spacial score (nSPS) is 14.3. The zero-order chi connectivity index (χ0) is 14.1. The Bertz CT molecular complexity index is 351. The number of benzene rings is 1. The molecule has 1 N–H and O–H groups in total. The highest BCUT2D eigenvalue weighted by molar-refractivity contribution is 5.26. The lowest BCUT2D eigenvalue weighted by atomic mass is 9.97. The highest BCUT2D eigenvalue weighted by atomic mass is 16.5. The summed E-state index contributed by atoms with van der Waals surface area (Å²) in [5, 5.41) is 3.59. The molecule has 108 valence electrons. The van der Waals surface area contributed by atoms with Crippen LogP contribution in [0.25, 0.3) is 0 Å². The van der Waals surface area contributed by atoms with Crippen LogP contribution in [0.4, 0.5) is 0 Å². The van der Waals surface area contributed by atoms with Crippen LogP contribution in [0.3, 0.4) is 0 Å². The average Bonchev–Trinajstić information content (AvgIpc) is 2.43. The van der Waals surface area contributed by atoms with Crippen LogP contribution < -0.4 is 5.32 Å². The Morgan fingerprint density at radius 2 is 2.00 bits per heavy atom. The van der Waals surface area contributed by atoms with Crippen molar-refractivity contribution in [3.63, 3.8) is 0 Å². The molecule has 0 saturated carbocycles. The molecule has 0 heterocycles. The molecule has 0 bridgehead atoms. The smallest absolute Gasteiger partial charge is 0.0543 e. The maximum absolute atomic E-state index is 5.35. The molecule has 2 unspecified atom stereocenters. The average molecular weight is 263 g/mol. The van der Waals surface area contributed by atoms with Crippen molar-refractivity contribution in [2.45, 2.75) is 58.6 Å². The van der Waals surface area contributed by atoms with Crippen molar-refractivity contribution >= 4 is 0 Å². The zero-order valence-corrected chi connectivity index (χ0v) is 12.9. The molecule has 0 aliphatic rings. The van der Waals surface area contributed by atoms with Gasteiger partial charge in [-0.2, -0.15) is 0 Å². The quantitative estimate of drug-likeness (QED) is 0.724. The van der Waals surface area contributed by atoms with E-state index < -0.39 is 0 Å². The Kier molecular flexibility index (Phi) is 7.76. The number of ether oxygens (including phenoxy) is 1. The van der Waals surface area contributed by atoms with E-state index in [4.69, 9.17) is 4.74 Å². The first kappa shape index (κ1) is 16.2. The fraction of sp³-hybridized carbons (Fsp3) is 0.647. The fourth-order valence-corrected chi connectivity index (χ4v) is 2.41.